The van der Waals surface area contributed by atoms with E-state index < -0.39 is 4.92 Å². The lowest BCUT2D eigenvalue weighted by Gasteiger charge is -2.15. The quantitative estimate of drug-likeness (QED) is 0.140. The first-order valence-corrected chi connectivity index (χ1v) is 11.9. The second-order valence-electron chi connectivity index (χ2n) is 6.90. The molecular formula is C23H14BrClN2O4S2. The van der Waals surface area contributed by atoms with Crippen molar-refractivity contribution in [2.24, 2.45) is 0 Å². The number of nitro benzene ring substituents is 1. The predicted octanol–water partition coefficient (Wildman–Crippen LogP) is 7.00. The number of nitro groups is 1. The first kappa shape index (κ1) is 23.4. The van der Waals surface area contributed by atoms with E-state index in [-0.39, 0.29) is 18.2 Å². The Morgan fingerprint density at radius 3 is 2.45 bits per heavy atom. The van der Waals surface area contributed by atoms with Crippen molar-refractivity contribution < 1.29 is 14.5 Å². The van der Waals surface area contributed by atoms with Crippen LogP contribution in [-0.2, 0) is 11.4 Å². The Morgan fingerprint density at radius 2 is 1.82 bits per heavy atom. The van der Waals surface area contributed by atoms with Gasteiger partial charge in [-0.25, -0.2) is 0 Å². The van der Waals surface area contributed by atoms with Gasteiger partial charge in [-0.3, -0.25) is 19.8 Å². The largest absolute Gasteiger partial charge is 0.489 e. The third-order valence-corrected chi connectivity index (χ3v) is 7.22. The molecule has 3 aromatic carbocycles. The van der Waals surface area contributed by atoms with Crippen LogP contribution in [0.3, 0.4) is 0 Å². The molecule has 0 saturated carbocycles. The zero-order valence-electron chi connectivity index (χ0n) is 16.7. The van der Waals surface area contributed by atoms with E-state index in [0.29, 0.717) is 25.7 Å². The van der Waals surface area contributed by atoms with Gasteiger partial charge in [-0.2, -0.15) is 0 Å². The fraction of sp³-hybridized carbons (Fsp3) is 0.0435. The Labute approximate surface area is 212 Å². The number of thioether (sulfide) groups is 1. The minimum absolute atomic E-state index is 0.0387. The minimum atomic E-state index is -0.439. The van der Waals surface area contributed by atoms with Crippen molar-refractivity contribution in [3.05, 3.63) is 102 Å². The van der Waals surface area contributed by atoms with Crippen molar-refractivity contribution in [2.45, 2.75) is 6.61 Å². The highest BCUT2D eigenvalue weighted by Gasteiger charge is 2.33. The smallest absolute Gasteiger partial charge is 0.270 e. The number of hydrogen-bond donors (Lipinski definition) is 0. The summed E-state index contributed by atoms with van der Waals surface area (Å²) in [4.78, 5) is 25.2. The number of non-ortho nitro benzene ring substituents is 1. The Morgan fingerprint density at radius 1 is 1.12 bits per heavy atom. The number of benzene rings is 3. The maximum atomic E-state index is 12.9. The summed E-state index contributed by atoms with van der Waals surface area (Å²) in [5, 5.41) is 11.2. The molecule has 0 aliphatic carbocycles. The van der Waals surface area contributed by atoms with E-state index in [9.17, 15) is 14.9 Å². The second kappa shape index (κ2) is 10.0. The molecule has 0 radical (unpaired) electrons. The Kier molecular flexibility index (Phi) is 7.14. The number of amides is 1. The van der Waals surface area contributed by atoms with Gasteiger partial charge in [0.1, 0.15) is 12.4 Å². The fourth-order valence-corrected chi connectivity index (χ4v) is 4.73. The molecule has 33 heavy (non-hydrogen) atoms. The number of ether oxygens (including phenoxy) is 1. The van der Waals surface area contributed by atoms with Crippen LogP contribution in [0.4, 0.5) is 11.4 Å². The van der Waals surface area contributed by atoms with Crippen LogP contribution < -0.4 is 9.64 Å². The number of nitrogens with zero attached hydrogens (tertiary/aromatic N) is 2. The summed E-state index contributed by atoms with van der Waals surface area (Å²) >= 11 is 16.1. The molecule has 1 aliphatic rings. The van der Waals surface area contributed by atoms with Crippen LogP contribution in [-0.4, -0.2) is 15.2 Å². The third-order valence-electron chi connectivity index (χ3n) is 4.69. The summed E-state index contributed by atoms with van der Waals surface area (Å²) in [6.45, 7) is 0.283. The van der Waals surface area contributed by atoms with Gasteiger partial charge in [-0.05, 0) is 75.6 Å². The van der Waals surface area contributed by atoms with Crippen molar-refractivity contribution in [3.63, 3.8) is 0 Å². The molecule has 0 spiro atoms. The van der Waals surface area contributed by atoms with Crippen LogP contribution in [0.5, 0.6) is 5.75 Å². The molecule has 3 aromatic rings. The van der Waals surface area contributed by atoms with E-state index in [0.717, 1.165) is 15.6 Å². The number of thiocarbonyl (C=S) groups is 1. The Bertz CT molecular complexity index is 1280. The maximum Gasteiger partial charge on any atom is 0.270 e. The van der Waals surface area contributed by atoms with Gasteiger partial charge in [-0.15, -0.1) is 0 Å². The molecule has 6 nitrogen and oxygen atoms in total. The van der Waals surface area contributed by atoms with Crippen molar-refractivity contribution in [2.75, 3.05) is 4.90 Å². The highest BCUT2D eigenvalue weighted by atomic mass is 79.9. The number of halogens is 2. The Balaban J connectivity index is 1.43. The predicted molar refractivity (Wildman–Crippen MR) is 139 cm³/mol. The van der Waals surface area contributed by atoms with Crippen LogP contribution in [0, 0.1) is 10.1 Å². The highest BCUT2D eigenvalue weighted by molar-refractivity contribution is 9.10. The number of anilines is 1. The number of rotatable bonds is 6. The first-order chi connectivity index (χ1) is 15.8. The van der Waals surface area contributed by atoms with E-state index in [2.05, 4.69) is 15.9 Å². The first-order valence-electron chi connectivity index (χ1n) is 9.51. The summed E-state index contributed by atoms with van der Waals surface area (Å²) < 4.78 is 6.92. The van der Waals surface area contributed by atoms with Crippen molar-refractivity contribution in [1.29, 1.82) is 0 Å². The summed E-state index contributed by atoms with van der Waals surface area (Å²) in [7, 11) is 0. The summed E-state index contributed by atoms with van der Waals surface area (Å²) in [6, 6.07) is 18.7. The molecule has 10 heteroatoms. The minimum Gasteiger partial charge on any atom is -0.489 e. The van der Waals surface area contributed by atoms with Crippen LogP contribution in [0.15, 0.2) is 76.1 Å². The van der Waals surface area contributed by atoms with Gasteiger partial charge in [0.2, 0.25) is 0 Å². The van der Waals surface area contributed by atoms with Crippen LogP contribution >= 0.6 is 51.5 Å². The molecule has 0 atom stereocenters. The Hall–Kier alpha value is -2.72. The topological polar surface area (TPSA) is 72.7 Å². The van der Waals surface area contributed by atoms with E-state index in [4.69, 9.17) is 28.6 Å². The van der Waals surface area contributed by atoms with Crippen molar-refractivity contribution >= 4 is 79.2 Å². The summed E-state index contributed by atoms with van der Waals surface area (Å²) in [5.74, 6) is 0.435. The average molecular weight is 562 g/mol. The molecule has 4 rings (SSSR count). The lowest BCUT2D eigenvalue weighted by Crippen LogP contribution is -2.27. The van der Waals surface area contributed by atoms with E-state index in [1.54, 1.807) is 48.5 Å². The second-order valence-corrected chi connectivity index (χ2v) is 9.83. The molecule has 0 aromatic heterocycles. The molecule has 0 bridgehead atoms. The third kappa shape index (κ3) is 5.44. The SMILES string of the molecule is O=C1/C(=C\c2ccc(OCc3ccc([N+](=O)[O-])cc3)cc2)SC(=S)N1c1ccc(Br)c(Cl)c1. The molecule has 0 unspecified atom stereocenters. The van der Waals surface area contributed by atoms with Crippen molar-refractivity contribution in [3.8, 4) is 5.75 Å². The normalized spacial score (nSPS) is 14.7. The van der Waals surface area contributed by atoms with Crippen LogP contribution in [0.2, 0.25) is 5.02 Å². The molecule has 1 amide bonds. The number of hydrogen-bond acceptors (Lipinski definition) is 6. The lowest BCUT2D eigenvalue weighted by atomic mass is 10.2. The molecular weight excluding hydrogens is 548 g/mol. The van der Waals surface area contributed by atoms with Crippen LogP contribution in [0.25, 0.3) is 6.08 Å². The molecule has 1 aliphatic heterocycles. The zero-order valence-corrected chi connectivity index (χ0v) is 20.7. The average Bonchev–Trinajstić information content (AvgIpc) is 3.08. The molecule has 1 fully saturated rings. The molecule has 1 saturated heterocycles. The zero-order chi connectivity index (χ0) is 23.5. The molecule has 1 heterocycles. The lowest BCUT2D eigenvalue weighted by molar-refractivity contribution is -0.384. The standard InChI is InChI=1S/C23H14BrClN2O4S2/c24-19-10-7-17(12-20(19)25)26-22(28)21(33-23(26)32)11-14-3-8-18(9-4-14)31-13-15-1-5-16(6-2-15)27(29)30/h1-12H,13H2/b21-11+. The number of carbonyl (C=O) groups is 1. The van der Waals surface area contributed by atoms with Gasteiger partial charge in [-0.1, -0.05) is 47.7 Å². The number of carbonyl (C=O) groups excluding carboxylic acids is 1. The van der Waals surface area contributed by atoms with Gasteiger partial charge in [0.05, 0.1) is 20.5 Å². The summed E-state index contributed by atoms with van der Waals surface area (Å²) in [5.41, 5.74) is 2.30. The van der Waals surface area contributed by atoms with Gasteiger partial charge < -0.3 is 4.74 Å². The van der Waals surface area contributed by atoms with Gasteiger partial charge >= 0.3 is 0 Å². The van der Waals surface area contributed by atoms with Crippen molar-refractivity contribution in [1.82, 2.24) is 0 Å². The van der Waals surface area contributed by atoms with Crippen LogP contribution in [0.1, 0.15) is 11.1 Å². The monoisotopic (exact) mass is 560 g/mol. The van der Waals surface area contributed by atoms with Gasteiger partial charge in [0.15, 0.2) is 4.32 Å². The van der Waals surface area contributed by atoms with Gasteiger partial charge in [0.25, 0.3) is 11.6 Å². The van der Waals surface area contributed by atoms with E-state index in [1.165, 1.54) is 28.8 Å². The maximum absolute atomic E-state index is 12.9. The molecule has 166 valence electrons. The molecule has 0 N–H and O–H groups in total. The highest BCUT2D eigenvalue weighted by Crippen LogP contribution is 2.38. The fourth-order valence-electron chi connectivity index (χ4n) is 3.01. The van der Waals surface area contributed by atoms with E-state index >= 15 is 0 Å². The van der Waals surface area contributed by atoms with Gasteiger partial charge in [0, 0.05) is 16.6 Å². The van der Waals surface area contributed by atoms with E-state index in [1.807, 2.05) is 12.1 Å². The summed E-state index contributed by atoms with van der Waals surface area (Å²) in [6.07, 6.45) is 1.78.